The topological polar surface area (TPSA) is 119 Å². The Morgan fingerprint density at radius 1 is 0.783 bits per heavy atom. The van der Waals surface area contributed by atoms with E-state index >= 15 is 0 Å². The minimum absolute atomic E-state index is 0.0609. The van der Waals surface area contributed by atoms with Gasteiger partial charge >= 0.3 is 5.97 Å². The lowest BCUT2D eigenvalue weighted by Crippen LogP contribution is -2.31. The minimum atomic E-state index is -0.766. The summed E-state index contributed by atoms with van der Waals surface area (Å²) in [6.07, 6.45) is -0.0609. The Morgan fingerprint density at radius 3 is 2.07 bits per heavy atom. The Labute approximate surface area is 277 Å². The summed E-state index contributed by atoms with van der Waals surface area (Å²) in [5.41, 5.74) is 3.59. The summed E-state index contributed by atoms with van der Waals surface area (Å²) in [4.78, 5) is 57.2. The van der Waals surface area contributed by atoms with E-state index < -0.39 is 35.4 Å². The van der Waals surface area contributed by atoms with Crippen LogP contribution in [0.4, 0.5) is 5.69 Å². The standard InChI is InChI=1S/C34H22Cl2N4O5S/c35-25-16-13-23(17-26(25)36)27(41)19-45-33(44)22-11-14-24(15-12-22)40-29(42)18-28(32(40)43)46-34-37-30(20-7-3-1-4-8-20)31(38-39-34)21-9-5-2-6-10-21/h1-17,28H,18-19H2. The van der Waals surface area contributed by atoms with Crippen LogP contribution >= 0.6 is 35.0 Å². The zero-order valence-corrected chi connectivity index (χ0v) is 26.1. The zero-order valence-electron chi connectivity index (χ0n) is 23.8. The van der Waals surface area contributed by atoms with Crippen molar-refractivity contribution in [1.82, 2.24) is 15.2 Å². The minimum Gasteiger partial charge on any atom is -0.454 e. The van der Waals surface area contributed by atoms with Gasteiger partial charge in [0.25, 0.3) is 0 Å². The van der Waals surface area contributed by atoms with Crippen LogP contribution in [-0.4, -0.2) is 50.6 Å². The third kappa shape index (κ3) is 6.69. The SMILES string of the molecule is O=C(COC(=O)c1ccc(N2C(=O)CC(Sc3nnc(-c4ccccc4)c(-c4ccccc4)n3)C2=O)cc1)c1ccc(Cl)c(Cl)c1. The van der Waals surface area contributed by atoms with Gasteiger partial charge in [-0.3, -0.25) is 14.4 Å². The molecule has 1 saturated heterocycles. The molecule has 1 aliphatic rings. The van der Waals surface area contributed by atoms with E-state index in [0.29, 0.717) is 22.1 Å². The lowest BCUT2D eigenvalue weighted by Gasteiger charge is -2.15. The van der Waals surface area contributed by atoms with Crippen LogP contribution in [0, 0.1) is 0 Å². The van der Waals surface area contributed by atoms with Crippen LogP contribution < -0.4 is 4.90 Å². The van der Waals surface area contributed by atoms with Crippen molar-refractivity contribution >= 4 is 64.2 Å². The zero-order chi connectivity index (χ0) is 32.2. The molecule has 0 aliphatic carbocycles. The fourth-order valence-corrected chi connectivity index (χ4v) is 5.97. The smallest absolute Gasteiger partial charge is 0.338 e. The van der Waals surface area contributed by atoms with Crippen LogP contribution in [0.1, 0.15) is 27.1 Å². The molecule has 46 heavy (non-hydrogen) atoms. The maximum atomic E-state index is 13.4. The molecule has 1 fully saturated rings. The number of Topliss-reactive ketones (excluding diaryl/α,β-unsaturated/α-hetero) is 1. The first-order valence-corrected chi connectivity index (χ1v) is 15.6. The highest BCUT2D eigenvalue weighted by Crippen LogP contribution is 2.35. The largest absolute Gasteiger partial charge is 0.454 e. The number of rotatable bonds is 9. The number of nitrogens with zero attached hydrogens (tertiary/aromatic N) is 4. The van der Waals surface area contributed by atoms with Crippen LogP contribution in [0.15, 0.2) is 108 Å². The number of anilines is 1. The average Bonchev–Trinajstić information content (AvgIpc) is 3.37. The van der Waals surface area contributed by atoms with Crippen LogP contribution in [0.5, 0.6) is 0 Å². The van der Waals surface area contributed by atoms with Gasteiger partial charge in [-0.05, 0) is 42.5 Å². The number of carbonyl (C=O) groups excluding carboxylic acids is 4. The third-order valence-electron chi connectivity index (χ3n) is 7.05. The Morgan fingerprint density at radius 2 is 1.41 bits per heavy atom. The number of thioether (sulfide) groups is 1. The molecule has 0 spiro atoms. The summed E-state index contributed by atoms with van der Waals surface area (Å²) >= 11 is 12.9. The highest BCUT2D eigenvalue weighted by atomic mass is 35.5. The molecule has 2 amide bonds. The molecule has 9 nitrogen and oxygen atoms in total. The molecule has 0 saturated carbocycles. The van der Waals surface area contributed by atoms with Gasteiger partial charge in [-0.25, -0.2) is 14.7 Å². The number of ether oxygens (including phenoxy) is 1. The van der Waals surface area contributed by atoms with Crippen molar-refractivity contribution in [2.45, 2.75) is 16.8 Å². The van der Waals surface area contributed by atoms with Crippen molar-refractivity contribution in [2.24, 2.45) is 0 Å². The number of hydrogen-bond acceptors (Lipinski definition) is 9. The van der Waals surface area contributed by atoms with Crippen LogP contribution in [-0.2, 0) is 14.3 Å². The number of esters is 1. The second kappa shape index (κ2) is 13.6. The van der Waals surface area contributed by atoms with Crippen molar-refractivity contribution in [3.63, 3.8) is 0 Å². The van der Waals surface area contributed by atoms with E-state index in [1.54, 1.807) is 0 Å². The number of carbonyl (C=O) groups is 4. The molecule has 0 radical (unpaired) electrons. The Hall–Kier alpha value is -4.90. The molecule has 228 valence electrons. The second-order valence-electron chi connectivity index (χ2n) is 10.1. The molecule has 0 bridgehead atoms. The van der Waals surface area contributed by atoms with Crippen LogP contribution in [0.3, 0.4) is 0 Å². The highest BCUT2D eigenvalue weighted by molar-refractivity contribution is 8.00. The quantitative estimate of drug-likeness (QED) is 0.0931. The predicted octanol–water partition coefficient (Wildman–Crippen LogP) is 6.98. The summed E-state index contributed by atoms with van der Waals surface area (Å²) in [5.74, 6) is -2.04. The van der Waals surface area contributed by atoms with Crippen molar-refractivity contribution in [3.8, 4) is 22.5 Å². The van der Waals surface area contributed by atoms with Gasteiger partial charge < -0.3 is 4.74 Å². The maximum absolute atomic E-state index is 13.4. The van der Waals surface area contributed by atoms with Gasteiger partial charge in [0.15, 0.2) is 12.4 Å². The van der Waals surface area contributed by atoms with Crippen molar-refractivity contribution in [1.29, 1.82) is 0 Å². The first-order chi connectivity index (χ1) is 22.3. The average molecular weight is 670 g/mol. The predicted molar refractivity (Wildman–Crippen MR) is 175 cm³/mol. The van der Waals surface area contributed by atoms with E-state index in [-0.39, 0.29) is 27.7 Å². The van der Waals surface area contributed by atoms with Gasteiger partial charge in [0.2, 0.25) is 17.0 Å². The van der Waals surface area contributed by atoms with Crippen molar-refractivity contribution < 1.29 is 23.9 Å². The van der Waals surface area contributed by atoms with Gasteiger partial charge in [-0.1, -0.05) is 95.6 Å². The fraction of sp³-hybridized carbons (Fsp3) is 0.0882. The fourth-order valence-electron chi connectivity index (χ4n) is 4.76. The molecule has 0 N–H and O–H groups in total. The molecule has 2 heterocycles. The number of ketones is 1. The Kier molecular flexibility index (Phi) is 9.20. The number of halogens is 2. The number of aromatic nitrogens is 3. The Bertz CT molecular complexity index is 1960. The summed E-state index contributed by atoms with van der Waals surface area (Å²) in [6.45, 7) is -0.504. The van der Waals surface area contributed by atoms with Gasteiger partial charge in [0.05, 0.1) is 21.3 Å². The molecule has 1 unspecified atom stereocenters. The van der Waals surface area contributed by atoms with E-state index in [2.05, 4.69) is 10.2 Å². The first-order valence-electron chi connectivity index (χ1n) is 13.9. The Balaban J connectivity index is 1.14. The monoisotopic (exact) mass is 668 g/mol. The molecule has 12 heteroatoms. The summed E-state index contributed by atoms with van der Waals surface area (Å²) in [5, 5.41) is 8.74. The lowest BCUT2D eigenvalue weighted by molar-refractivity contribution is -0.121. The molecule has 1 atom stereocenters. The molecular formula is C34H22Cl2N4O5S. The van der Waals surface area contributed by atoms with E-state index in [0.717, 1.165) is 27.8 Å². The van der Waals surface area contributed by atoms with E-state index in [4.69, 9.17) is 32.9 Å². The lowest BCUT2D eigenvalue weighted by atomic mass is 10.0. The van der Waals surface area contributed by atoms with E-state index in [1.165, 1.54) is 42.5 Å². The van der Waals surface area contributed by atoms with Gasteiger partial charge in [0, 0.05) is 23.1 Å². The number of imide groups is 1. The van der Waals surface area contributed by atoms with E-state index in [9.17, 15) is 19.2 Å². The molecule has 4 aromatic carbocycles. The van der Waals surface area contributed by atoms with Gasteiger partial charge in [-0.2, -0.15) is 0 Å². The summed E-state index contributed by atoms with van der Waals surface area (Å²) in [6, 6.07) is 29.3. The van der Waals surface area contributed by atoms with Gasteiger partial charge in [0.1, 0.15) is 16.6 Å². The molecule has 1 aromatic heterocycles. The van der Waals surface area contributed by atoms with Crippen LogP contribution in [0.2, 0.25) is 10.0 Å². The second-order valence-corrected chi connectivity index (χ2v) is 12.1. The van der Waals surface area contributed by atoms with Crippen molar-refractivity contribution in [2.75, 3.05) is 11.5 Å². The van der Waals surface area contributed by atoms with Crippen molar-refractivity contribution in [3.05, 3.63) is 124 Å². The maximum Gasteiger partial charge on any atom is 0.338 e. The molecule has 6 rings (SSSR count). The highest BCUT2D eigenvalue weighted by Gasteiger charge is 2.41. The third-order valence-corrected chi connectivity index (χ3v) is 8.83. The van der Waals surface area contributed by atoms with E-state index in [1.807, 2.05) is 60.7 Å². The molecule has 1 aliphatic heterocycles. The number of amides is 2. The van der Waals surface area contributed by atoms with Crippen LogP contribution in [0.25, 0.3) is 22.5 Å². The number of benzene rings is 4. The number of hydrogen-bond donors (Lipinski definition) is 0. The molecular weight excluding hydrogens is 647 g/mol. The summed E-state index contributed by atoms with van der Waals surface area (Å²) < 4.78 is 5.15. The normalized spacial score (nSPS) is 14.4. The van der Waals surface area contributed by atoms with Gasteiger partial charge in [-0.15, -0.1) is 10.2 Å². The first kappa shape index (κ1) is 31.1. The summed E-state index contributed by atoms with van der Waals surface area (Å²) in [7, 11) is 0. The molecule has 5 aromatic rings.